The molecule has 30 heavy (non-hydrogen) atoms. The summed E-state index contributed by atoms with van der Waals surface area (Å²) in [6, 6.07) is 14.8. The van der Waals surface area contributed by atoms with Crippen LogP contribution in [-0.2, 0) is 17.9 Å². The molecule has 1 aliphatic heterocycles. The zero-order chi connectivity index (χ0) is 21.5. The van der Waals surface area contributed by atoms with Crippen LogP contribution in [0.4, 0.5) is 0 Å². The molecule has 0 radical (unpaired) electrons. The van der Waals surface area contributed by atoms with Crippen LogP contribution in [0.5, 0.6) is 0 Å². The number of nitrogens with one attached hydrogen (secondary N) is 2. The lowest BCUT2D eigenvalue weighted by molar-refractivity contribution is -0.128. The Balaban J connectivity index is 1.54. The SMILES string of the molecule is CC[C@H](C)NC(=O)c1ccc(CNC(=O)c2cccc(CN3CCCC3=O)c2)cc1. The van der Waals surface area contributed by atoms with Gasteiger partial charge in [0.1, 0.15) is 0 Å². The van der Waals surface area contributed by atoms with Crippen LogP contribution in [0.25, 0.3) is 0 Å². The van der Waals surface area contributed by atoms with Crippen LogP contribution in [-0.4, -0.2) is 35.2 Å². The highest BCUT2D eigenvalue weighted by Gasteiger charge is 2.20. The Morgan fingerprint density at radius 2 is 1.80 bits per heavy atom. The first-order valence-corrected chi connectivity index (χ1v) is 10.5. The summed E-state index contributed by atoms with van der Waals surface area (Å²) in [6.45, 7) is 5.69. The van der Waals surface area contributed by atoms with Gasteiger partial charge in [-0.3, -0.25) is 14.4 Å². The second-order valence-electron chi connectivity index (χ2n) is 7.78. The Kier molecular flexibility index (Phi) is 7.22. The highest BCUT2D eigenvalue weighted by Crippen LogP contribution is 2.15. The molecule has 0 saturated carbocycles. The lowest BCUT2D eigenvalue weighted by Gasteiger charge is -2.16. The molecule has 0 bridgehead atoms. The van der Waals surface area contributed by atoms with E-state index in [1.807, 2.05) is 49.1 Å². The molecule has 158 valence electrons. The van der Waals surface area contributed by atoms with E-state index in [2.05, 4.69) is 10.6 Å². The first-order valence-electron chi connectivity index (χ1n) is 10.5. The molecular weight excluding hydrogens is 378 g/mol. The molecule has 0 aromatic heterocycles. The quantitative estimate of drug-likeness (QED) is 0.705. The van der Waals surface area contributed by atoms with Crippen molar-refractivity contribution in [3.8, 4) is 0 Å². The summed E-state index contributed by atoms with van der Waals surface area (Å²) in [5, 5.41) is 5.85. The molecule has 1 aliphatic rings. The summed E-state index contributed by atoms with van der Waals surface area (Å²) in [4.78, 5) is 38.3. The lowest BCUT2D eigenvalue weighted by atomic mass is 10.1. The third kappa shape index (κ3) is 5.69. The first-order chi connectivity index (χ1) is 14.5. The van der Waals surface area contributed by atoms with E-state index in [1.165, 1.54) is 0 Å². The molecule has 3 rings (SSSR count). The minimum Gasteiger partial charge on any atom is -0.350 e. The number of likely N-dealkylation sites (tertiary alicyclic amines) is 1. The highest BCUT2D eigenvalue weighted by molar-refractivity contribution is 5.95. The third-order valence-corrected chi connectivity index (χ3v) is 5.39. The van der Waals surface area contributed by atoms with Crippen LogP contribution in [0.2, 0.25) is 0 Å². The van der Waals surface area contributed by atoms with Crippen molar-refractivity contribution in [2.75, 3.05) is 6.54 Å². The van der Waals surface area contributed by atoms with E-state index in [1.54, 1.807) is 18.2 Å². The fourth-order valence-electron chi connectivity index (χ4n) is 3.37. The van der Waals surface area contributed by atoms with Crippen LogP contribution < -0.4 is 10.6 Å². The van der Waals surface area contributed by atoms with E-state index < -0.39 is 0 Å². The molecule has 1 saturated heterocycles. The van der Waals surface area contributed by atoms with Gasteiger partial charge in [0, 0.05) is 43.2 Å². The Morgan fingerprint density at radius 1 is 1.03 bits per heavy atom. The van der Waals surface area contributed by atoms with Gasteiger partial charge in [-0.15, -0.1) is 0 Å². The molecular formula is C24H29N3O3. The van der Waals surface area contributed by atoms with E-state index in [-0.39, 0.29) is 23.8 Å². The molecule has 0 unspecified atom stereocenters. The number of hydrogen-bond donors (Lipinski definition) is 2. The summed E-state index contributed by atoms with van der Waals surface area (Å²) in [5.74, 6) is -0.0810. The van der Waals surface area contributed by atoms with Crippen molar-refractivity contribution in [1.82, 2.24) is 15.5 Å². The highest BCUT2D eigenvalue weighted by atomic mass is 16.2. The average Bonchev–Trinajstić information content (AvgIpc) is 3.16. The average molecular weight is 408 g/mol. The van der Waals surface area contributed by atoms with Gasteiger partial charge in [0.2, 0.25) is 5.91 Å². The van der Waals surface area contributed by atoms with E-state index in [0.29, 0.717) is 30.6 Å². The second kappa shape index (κ2) is 10.1. The van der Waals surface area contributed by atoms with Crippen LogP contribution in [0.3, 0.4) is 0 Å². The second-order valence-corrected chi connectivity index (χ2v) is 7.78. The molecule has 2 aromatic carbocycles. The van der Waals surface area contributed by atoms with Crippen LogP contribution >= 0.6 is 0 Å². The maximum absolute atomic E-state index is 12.5. The van der Waals surface area contributed by atoms with E-state index in [9.17, 15) is 14.4 Å². The number of nitrogens with zero attached hydrogens (tertiary/aromatic N) is 1. The summed E-state index contributed by atoms with van der Waals surface area (Å²) in [5.41, 5.74) is 3.05. The Bertz CT molecular complexity index is 908. The molecule has 3 amide bonds. The fraction of sp³-hybridized carbons (Fsp3) is 0.375. The zero-order valence-corrected chi connectivity index (χ0v) is 17.6. The van der Waals surface area contributed by atoms with Crippen molar-refractivity contribution < 1.29 is 14.4 Å². The fourth-order valence-corrected chi connectivity index (χ4v) is 3.37. The zero-order valence-electron chi connectivity index (χ0n) is 17.6. The number of carbonyl (C=O) groups excluding carboxylic acids is 3. The smallest absolute Gasteiger partial charge is 0.251 e. The molecule has 2 N–H and O–H groups in total. The minimum absolute atomic E-state index is 0.0896. The summed E-state index contributed by atoms with van der Waals surface area (Å²) < 4.78 is 0. The molecule has 0 spiro atoms. The monoisotopic (exact) mass is 407 g/mol. The van der Waals surface area contributed by atoms with Gasteiger partial charge in [-0.1, -0.05) is 31.2 Å². The van der Waals surface area contributed by atoms with Crippen molar-refractivity contribution in [2.45, 2.75) is 52.2 Å². The van der Waals surface area contributed by atoms with Gasteiger partial charge in [0.25, 0.3) is 11.8 Å². The van der Waals surface area contributed by atoms with Crippen molar-refractivity contribution in [3.63, 3.8) is 0 Å². The third-order valence-electron chi connectivity index (χ3n) is 5.39. The van der Waals surface area contributed by atoms with Gasteiger partial charge in [-0.25, -0.2) is 0 Å². The molecule has 0 aliphatic carbocycles. The van der Waals surface area contributed by atoms with E-state index >= 15 is 0 Å². The summed E-state index contributed by atoms with van der Waals surface area (Å²) in [6.07, 6.45) is 2.39. The summed E-state index contributed by atoms with van der Waals surface area (Å²) in [7, 11) is 0. The van der Waals surface area contributed by atoms with Crippen molar-refractivity contribution in [3.05, 3.63) is 70.8 Å². The van der Waals surface area contributed by atoms with Crippen LogP contribution in [0, 0.1) is 0 Å². The van der Waals surface area contributed by atoms with E-state index in [4.69, 9.17) is 0 Å². The Morgan fingerprint density at radius 3 is 2.47 bits per heavy atom. The normalized spacial score (nSPS) is 14.5. The van der Waals surface area contributed by atoms with Gasteiger partial charge in [-0.05, 0) is 55.2 Å². The largest absolute Gasteiger partial charge is 0.350 e. The maximum atomic E-state index is 12.5. The van der Waals surface area contributed by atoms with Crippen molar-refractivity contribution in [2.24, 2.45) is 0 Å². The van der Waals surface area contributed by atoms with E-state index in [0.717, 1.165) is 30.5 Å². The minimum atomic E-state index is -0.164. The number of hydrogen-bond acceptors (Lipinski definition) is 3. The van der Waals surface area contributed by atoms with Gasteiger partial charge in [0.05, 0.1) is 0 Å². The number of amides is 3. The maximum Gasteiger partial charge on any atom is 0.251 e. The molecule has 2 aromatic rings. The molecule has 1 fully saturated rings. The topological polar surface area (TPSA) is 78.5 Å². The predicted molar refractivity (Wildman–Crippen MR) is 116 cm³/mol. The standard InChI is InChI=1S/C24H29N3O3/c1-3-17(2)26-24(30)20-11-9-18(10-12-20)15-25-23(29)21-7-4-6-19(14-21)16-27-13-5-8-22(27)28/h4,6-7,9-12,14,17H,3,5,8,13,15-16H2,1-2H3,(H,25,29)(H,26,30)/t17-/m0/s1. The molecule has 6 nitrogen and oxygen atoms in total. The van der Waals surface area contributed by atoms with Crippen LogP contribution in [0.1, 0.15) is 65.0 Å². The Hall–Kier alpha value is -3.15. The predicted octanol–water partition coefficient (Wildman–Crippen LogP) is 3.27. The number of rotatable bonds is 8. The number of carbonyl (C=O) groups is 3. The Labute approximate surface area is 177 Å². The van der Waals surface area contributed by atoms with Crippen LogP contribution in [0.15, 0.2) is 48.5 Å². The van der Waals surface area contributed by atoms with Crippen molar-refractivity contribution >= 4 is 17.7 Å². The van der Waals surface area contributed by atoms with Gasteiger partial charge < -0.3 is 15.5 Å². The summed E-state index contributed by atoms with van der Waals surface area (Å²) >= 11 is 0. The lowest BCUT2D eigenvalue weighted by Crippen LogP contribution is -2.31. The number of benzene rings is 2. The molecule has 6 heteroatoms. The van der Waals surface area contributed by atoms with Gasteiger partial charge in [0.15, 0.2) is 0 Å². The molecule has 1 atom stereocenters. The van der Waals surface area contributed by atoms with Crippen molar-refractivity contribution in [1.29, 1.82) is 0 Å². The van der Waals surface area contributed by atoms with Gasteiger partial charge in [-0.2, -0.15) is 0 Å². The molecule has 1 heterocycles. The first kappa shape index (κ1) is 21.6. The van der Waals surface area contributed by atoms with Gasteiger partial charge >= 0.3 is 0 Å².